The third-order valence-corrected chi connectivity index (χ3v) is 2.00. The third kappa shape index (κ3) is 2.08. The minimum absolute atomic E-state index is 0.725. The Morgan fingerprint density at radius 2 is 1.92 bits per heavy atom. The van der Waals surface area contributed by atoms with Crippen molar-refractivity contribution in [3.8, 4) is 5.75 Å². The first-order valence-corrected chi connectivity index (χ1v) is 4.28. The first-order valence-electron chi connectivity index (χ1n) is 3.49. The summed E-state index contributed by atoms with van der Waals surface area (Å²) in [7, 11) is 3.23. The lowest BCUT2D eigenvalue weighted by Crippen LogP contribution is -2.02. The Hall–Kier alpha value is -0.830. The normalized spacial score (nSPS) is 11.4. The maximum atomic E-state index is 5.11. The van der Waals surface area contributed by atoms with Crippen molar-refractivity contribution >= 4 is 15.9 Å². The number of hydrogen-bond acceptors (Lipinski definition) is 1. The van der Waals surface area contributed by atoms with E-state index in [1.54, 1.807) is 14.2 Å². The fraction of sp³-hybridized carbons (Fsp3) is 0.222. The van der Waals surface area contributed by atoms with Crippen molar-refractivity contribution in [1.82, 2.24) is 0 Å². The van der Waals surface area contributed by atoms with Crippen LogP contribution in [0.1, 0.15) is 0 Å². The maximum Gasteiger partial charge on any atom is 0.384 e. The zero-order chi connectivity index (χ0) is 8.97. The lowest BCUT2D eigenvalue weighted by molar-refractivity contribution is 0.411. The molecule has 0 N–H and O–H groups in total. The Bertz CT molecular complexity index is 334. The van der Waals surface area contributed by atoms with E-state index in [0.717, 1.165) is 15.7 Å². The van der Waals surface area contributed by atoms with E-state index in [1.165, 1.54) is 0 Å². The van der Waals surface area contributed by atoms with E-state index >= 15 is 0 Å². The molecule has 0 fully saturated rings. The zero-order valence-corrected chi connectivity index (χ0v) is 8.59. The number of halogens is 1. The first-order chi connectivity index (χ1) is 5.77. The highest BCUT2D eigenvalue weighted by Gasteiger charge is 2.01. The SMILES string of the molecule is COc1ccc(Br)ccc1=[O+]C. The molecule has 1 aromatic rings. The molecule has 0 unspecified atom stereocenters. The summed E-state index contributed by atoms with van der Waals surface area (Å²) >= 11 is 3.36. The molecule has 0 aromatic heterocycles. The van der Waals surface area contributed by atoms with Gasteiger partial charge in [0.25, 0.3) is 7.11 Å². The van der Waals surface area contributed by atoms with Crippen LogP contribution in [0, 0.1) is 0 Å². The van der Waals surface area contributed by atoms with Crippen molar-refractivity contribution in [3.05, 3.63) is 38.6 Å². The smallest absolute Gasteiger partial charge is 0.384 e. The molecule has 1 rings (SSSR count). The molecule has 0 saturated heterocycles. The van der Waals surface area contributed by atoms with E-state index in [1.807, 2.05) is 24.3 Å². The molecule has 0 saturated carbocycles. The molecule has 1 aromatic carbocycles. The number of hydrogen-bond donors (Lipinski definition) is 0. The van der Waals surface area contributed by atoms with Crippen molar-refractivity contribution in [2.75, 3.05) is 14.2 Å². The van der Waals surface area contributed by atoms with Crippen molar-refractivity contribution in [3.63, 3.8) is 0 Å². The Morgan fingerprint density at radius 1 is 1.25 bits per heavy atom. The molecule has 0 spiro atoms. The van der Waals surface area contributed by atoms with Crippen LogP contribution in [0.2, 0.25) is 0 Å². The Balaban J connectivity index is 3.40. The van der Waals surface area contributed by atoms with Gasteiger partial charge >= 0.3 is 5.43 Å². The van der Waals surface area contributed by atoms with Crippen LogP contribution in [0.15, 0.2) is 33.2 Å². The molecule has 12 heavy (non-hydrogen) atoms. The van der Waals surface area contributed by atoms with E-state index in [-0.39, 0.29) is 0 Å². The van der Waals surface area contributed by atoms with Gasteiger partial charge in [0.05, 0.1) is 7.11 Å². The van der Waals surface area contributed by atoms with Gasteiger partial charge in [-0.25, -0.2) is 0 Å². The summed E-state index contributed by atoms with van der Waals surface area (Å²) in [6.45, 7) is 0. The second-order valence-corrected chi connectivity index (χ2v) is 3.10. The molecule has 0 aliphatic carbocycles. The van der Waals surface area contributed by atoms with Crippen LogP contribution in [0.5, 0.6) is 5.75 Å². The van der Waals surface area contributed by atoms with Gasteiger partial charge in [0.2, 0.25) is 5.75 Å². The van der Waals surface area contributed by atoms with Crippen LogP contribution < -0.4 is 10.2 Å². The van der Waals surface area contributed by atoms with Crippen LogP contribution in [0.4, 0.5) is 0 Å². The van der Waals surface area contributed by atoms with Crippen molar-refractivity contribution in [2.45, 2.75) is 0 Å². The van der Waals surface area contributed by atoms with Gasteiger partial charge in [-0.3, -0.25) is 4.42 Å². The first kappa shape index (κ1) is 9.26. The topological polar surface area (TPSA) is 20.5 Å². The third-order valence-electron chi connectivity index (χ3n) is 1.47. The summed E-state index contributed by atoms with van der Waals surface area (Å²) in [5.74, 6) is 0.725. The zero-order valence-electron chi connectivity index (χ0n) is 7.00. The summed E-state index contributed by atoms with van der Waals surface area (Å²) in [5.41, 5.74) is 0.725. The minimum Gasteiger partial charge on any atom is -0.488 e. The molecule has 0 atom stereocenters. The molecule has 0 aliphatic rings. The number of methoxy groups -OCH3 is 1. The molecular formula is C9H10BrO2+. The number of rotatable bonds is 1. The second-order valence-electron chi connectivity index (χ2n) is 2.19. The molecular weight excluding hydrogens is 220 g/mol. The van der Waals surface area contributed by atoms with Crippen LogP contribution in [-0.4, -0.2) is 14.2 Å². The Kier molecular flexibility index (Phi) is 3.29. The molecule has 0 aliphatic heterocycles. The highest BCUT2D eigenvalue weighted by atomic mass is 79.9. The molecule has 0 bridgehead atoms. The van der Waals surface area contributed by atoms with Gasteiger partial charge in [-0.05, 0) is 18.2 Å². The summed E-state index contributed by atoms with van der Waals surface area (Å²) < 4.78 is 11.2. The summed E-state index contributed by atoms with van der Waals surface area (Å²) in [4.78, 5) is 0. The average molecular weight is 230 g/mol. The predicted octanol–water partition coefficient (Wildman–Crippen LogP) is 1.98. The average Bonchev–Trinajstić information content (AvgIpc) is 2.27. The standard InChI is InChI=1S/C9H10BrO2/c1-11-8-5-3-7(10)4-6-9(8)12-2/h3-6H,1-2H3/q+1. The van der Waals surface area contributed by atoms with Crippen molar-refractivity contribution in [1.29, 1.82) is 0 Å². The molecule has 2 nitrogen and oxygen atoms in total. The van der Waals surface area contributed by atoms with Crippen molar-refractivity contribution in [2.24, 2.45) is 0 Å². The molecule has 0 amide bonds. The van der Waals surface area contributed by atoms with Crippen LogP contribution in [0.3, 0.4) is 0 Å². The monoisotopic (exact) mass is 229 g/mol. The molecule has 64 valence electrons. The highest BCUT2D eigenvalue weighted by molar-refractivity contribution is 9.10. The van der Waals surface area contributed by atoms with Gasteiger partial charge < -0.3 is 4.74 Å². The lowest BCUT2D eigenvalue weighted by Gasteiger charge is -1.87. The number of ether oxygens (including phenoxy) is 1. The van der Waals surface area contributed by atoms with Crippen LogP contribution in [-0.2, 0) is 0 Å². The summed E-state index contributed by atoms with van der Waals surface area (Å²) in [6.07, 6.45) is 0. The van der Waals surface area contributed by atoms with E-state index in [9.17, 15) is 0 Å². The Morgan fingerprint density at radius 3 is 2.50 bits per heavy atom. The fourth-order valence-corrected chi connectivity index (χ4v) is 1.13. The quantitative estimate of drug-likeness (QED) is 0.675. The minimum atomic E-state index is 0.725. The van der Waals surface area contributed by atoms with Crippen molar-refractivity contribution < 1.29 is 4.74 Å². The van der Waals surface area contributed by atoms with E-state index in [4.69, 9.17) is 9.16 Å². The van der Waals surface area contributed by atoms with Gasteiger partial charge in [0, 0.05) is 10.5 Å². The van der Waals surface area contributed by atoms with Gasteiger partial charge in [-0.15, -0.1) is 0 Å². The highest BCUT2D eigenvalue weighted by Crippen LogP contribution is 2.08. The second kappa shape index (κ2) is 4.26. The van der Waals surface area contributed by atoms with Crippen LogP contribution >= 0.6 is 15.9 Å². The van der Waals surface area contributed by atoms with Crippen LogP contribution in [0.25, 0.3) is 0 Å². The molecule has 0 radical (unpaired) electrons. The fourth-order valence-electron chi connectivity index (χ4n) is 0.868. The lowest BCUT2D eigenvalue weighted by atomic mass is 10.5. The predicted molar refractivity (Wildman–Crippen MR) is 52.9 cm³/mol. The largest absolute Gasteiger partial charge is 0.488 e. The molecule has 3 heteroatoms. The maximum absolute atomic E-state index is 5.11. The van der Waals surface area contributed by atoms with Gasteiger partial charge in [-0.1, -0.05) is 15.9 Å². The summed E-state index contributed by atoms with van der Waals surface area (Å²) in [6, 6.07) is 7.51. The van der Waals surface area contributed by atoms with Gasteiger partial charge in [0.15, 0.2) is 0 Å². The molecule has 0 heterocycles. The van der Waals surface area contributed by atoms with E-state index in [2.05, 4.69) is 15.9 Å². The Labute approximate surface area is 79.6 Å². The van der Waals surface area contributed by atoms with Gasteiger partial charge in [-0.2, -0.15) is 0 Å². The summed E-state index contributed by atoms with van der Waals surface area (Å²) in [5, 5.41) is 0. The van der Waals surface area contributed by atoms with E-state index < -0.39 is 0 Å². The van der Waals surface area contributed by atoms with Gasteiger partial charge in [0.1, 0.15) is 0 Å². The van der Waals surface area contributed by atoms with E-state index in [0.29, 0.717) is 0 Å².